The number of hydrogen-bond acceptors (Lipinski definition) is 3. The van der Waals surface area contributed by atoms with E-state index >= 15 is 0 Å². The first-order chi connectivity index (χ1) is 9.49. The molecule has 0 aliphatic carbocycles. The van der Waals surface area contributed by atoms with Gasteiger partial charge in [-0.05, 0) is 18.6 Å². The van der Waals surface area contributed by atoms with Crippen LogP contribution < -0.4 is 5.32 Å². The summed E-state index contributed by atoms with van der Waals surface area (Å²) in [6.45, 7) is 6.48. The van der Waals surface area contributed by atoms with Gasteiger partial charge in [-0.25, -0.2) is 0 Å². The smallest absolute Gasteiger partial charge is 0.238 e. The summed E-state index contributed by atoms with van der Waals surface area (Å²) in [5, 5.41) is 12.5. The lowest BCUT2D eigenvalue weighted by molar-refractivity contribution is -0.117. The Morgan fingerprint density at radius 1 is 1.50 bits per heavy atom. The van der Waals surface area contributed by atoms with Gasteiger partial charge in [0.2, 0.25) is 5.91 Å². The number of carbonyl (C=O) groups is 1. The molecule has 1 amide bonds. The molecule has 0 heterocycles. The molecule has 0 saturated carbocycles. The highest BCUT2D eigenvalue weighted by Crippen LogP contribution is 2.32. The fourth-order valence-corrected chi connectivity index (χ4v) is 2.18. The second-order valence-corrected chi connectivity index (χ2v) is 5.13. The first-order valence-corrected chi connectivity index (χ1v) is 6.93. The zero-order valence-corrected chi connectivity index (χ0v) is 12.8. The number of amides is 1. The molecule has 110 valence electrons. The summed E-state index contributed by atoms with van der Waals surface area (Å²) in [6, 6.07) is 3.48. The van der Waals surface area contributed by atoms with Gasteiger partial charge in [0, 0.05) is 13.1 Å². The van der Waals surface area contributed by atoms with E-state index < -0.39 is 0 Å². The number of rotatable bonds is 7. The SMILES string of the molecule is C=CCN(CCO)CC(=O)Nc1c(Cl)ccc(C)c1Cl. The Morgan fingerprint density at radius 3 is 2.80 bits per heavy atom. The monoisotopic (exact) mass is 316 g/mol. The van der Waals surface area contributed by atoms with Crippen LogP contribution in [0.3, 0.4) is 0 Å². The third-order valence-electron chi connectivity index (χ3n) is 2.72. The van der Waals surface area contributed by atoms with Crippen LogP contribution in [0.15, 0.2) is 24.8 Å². The van der Waals surface area contributed by atoms with Crippen molar-refractivity contribution < 1.29 is 9.90 Å². The lowest BCUT2D eigenvalue weighted by Crippen LogP contribution is -2.35. The lowest BCUT2D eigenvalue weighted by Gasteiger charge is -2.19. The minimum atomic E-state index is -0.241. The molecule has 4 nitrogen and oxygen atoms in total. The van der Waals surface area contributed by atoms with E-state index in [9.17, 15) is 4.79 Å². The molecule has 0 radical (unpaired) electrons. The van der Waals surface area contributed by atoms with Crippen molar-refractivity contribution in [3.63, 3.8) is 0 Å². The fraction of sp³-hybridized carbons (Fsp3) is 0.357. The van der Waals surface area contributed by atoms with Gasteiger partial charge in [0.25, 0.3) is 0 Å². The minimum absolute atomic E-state index is 0.0208. The first kappa shape index (κ1) is 17.0. The number of aliphatic hydroxyl groups is 1. The summed E-state index contributed by atoms with van der Waals surface area (Å²) in [5.74, 6) is -0.241. The molecule has 0 unspecified atom stereocenters. The maximum atomic E-state index is 12.0. The molecule has 1 aromatic rings. The third-order valence-corrected chi connectivity index (χ3v) is 3.52. The van der Waals surface area contributed by atoms with Gasteiger partial charge < -0.3 is 10.4 Å². The third kappa shape index (κ3) is 4.80. The van der Waals surface area contributed by atoms with E-state index in [1.54, 1.807) is 23.1 Å². The van der Waals surface area contributed by atoms with E-state index in [-0.39, 0.29) is 19.1 Å². The van der Waals surface area contributed by atoms with Crippen molar-refractivity contribution in [1.29, 1.82) is 0 Å². The number of halogens is 2. The standard InChI is InChI=1S/C14H18Cl2N2O2/c1-3-6-18(7-8-19)9-12(20)17-14-11(15)5-4-10(2)13(14)16/h3-5,19H,1,6-9H2,2H3,(H,17,20). The number of carbonyl (C=O) groups excluding carboxylic acids is 1. The molecule has 0 spiro atoms. The van der Waals surface area contributed by atoms with Gasteiger partial charge in [0.1, 0.15) is 0 Å². The van der Waals surface area contributed by atoms with Crippen LogP contribution >= 0.6 is 23.2 Å². The van der Waals surface area contributed by atoms with Crippen LogP contribution in [-0.4, -0.2) is 42.2 Å². The molecule has 1 aromatic carbocycles. The Hall–Kier alpha value is -1.07. The molecule has 0 aliphatic rings. The molecule has 6 heteroatoms. The fourth-order valence-electron chi connectivity index (χ4n) is 1.71. The van der Waals surface area contributed by atoms with E-state index in [1.807, 2.05) is 6.92 Å². The molecular formula is C14H18Cl2N2O2. The molecule has 20 heavy (non-hydrogen) atoms. The second kappa shape index (κ2) is 8.27. The van der Waals surface area contributed by atoms with Gasteiger partial charge >= 0.3 is 0 Å². The summed E-state index contributed by atoms with van der Waals surface area (Å²) in [6.07, 6.45) is 1.68. The van der Waals surface area contributed by atoms with Gasteiger partial charge in [0.05, 0.1) is 28.9 Å². The summed E-state index contributed by atoms with van der Waals surface area (Å²) in [5.41, 5.74) is 1.26. The summed E-state index contributed by atoms with van der Waals surface area (Å²) in [4.78, 5) is 13.8. The molecule has 0 fully saturated rings. The van der Waals surface area contributed by atoms with E-state index in [0.717, 1.165) is 5.56 Å². The Bertz CT molecular complexity index is 492. The van der Waals surface area contributed by atoms with Crippen molar-refractivity contribution in [2.75, 3.05) is 31.6 Å². The van der Waals surface area contributed by atoms with Gasteiger partial charge in [-0.2, -0.15) is 0 Å². The van der Waals surface area contributed by atoms with Crippen molar-refractivity contribution in [3.8, 4) is 0 Å². The molecule has 0 aliphatic heterocycles. The molecule has 0 atom stereocenters. The van der Waals surface area contributed by atoms with E-state index in [1.165, 1.54) is 0 Å². The van der Waals surface area contributed by atoms with Crippen molar-refractivity contribution in [1.82, 2.24) is 4.90 Å². The molecular weight excluding hydrogens is 299 g/mol. The van der Waals surface area contributed by atoms with Crippen LogP contribution in [-0.2, 0) is 4.79 Å². The largest absolute Gasteiger partial charge is 0.395 e. The molecule has 1 rings (SSSR count). The lowest BCUT2D eigenvalue weighted by atomic mass is 10.2. The molecule has 0 aromatic heterocycles. The van der Waals surface area contributed by atoms with Crippen LogP contribution in [0.2, 0.25) is 10.0 Å². The van der Waals surface area contributed by atoms with Crippen molar-refractivity contribution >= 4 is 34.8 Å². The van der Waals surface area contributed by atoms with Crippen molar-refractivity contribution in [2.45, 2.75) is 6.92 Å². The van der Waals surface area contributed by atoms with Gasteiger partial charge in [-0.3, -0.25) is 9.69 Å². The average molecular weight is 317 g/mol. The first-order valence-electron chi connectivity index (χ1n) is 6.18. The highest BCUT2D eigenvalue weighted by Gasteiger charge is 2.14. The Morgan fingerprint density at radius 2 is 2.20 bits per heavy atom. The number of aryl methyl sites for hydroxylation is 1. The summed E-state index contributed by atoms with van der Waals surface area (Å²) >= 11 is 12.2. The molecule has 2 N–H and O–H groups in total. The normalized spacial score (nSPS) is 10.7. The van der Waals surface area contributed by atoms with Crippen molar-refractivity contribution in [2.24, 2.45) is 0 Å². The van der Waals surface area contributed by atoms with Crippen LogP contribution in [0.4, 0.5) is 5.69 Å². The average Bonchev–Trinajstić information content (AvgIpc) is 2.40. The number of nitrogens with zero attached hydrogens (tertiary/aromatic N) is 1. The Labute approximate surface area is 129 Å². The van der Waals surface area contributed by atoms with E-state index in [2.05, 4.69) is 11.9 Å². The summed E-state index contributed by atoms with van der Waals surface area (Å²) < 4.78 is 0. The minimum Gasteiger partial charge on any atom is -0.395 e. The number of hydrogen-bond donors (Lipinski definition) is 2. The second-order valence-electron chi connectivity index (χ2n) is 4.35. The van der Waals surface area contributed by atoms with Crippen LogP contribution in [0.1, 0.15) is 5.56 Å². The predicted molar refractivity (Wildman–Crippen MR) is 83.6 cm³/mol. The number of benzene rings is 1. The van der Waals surface area contributed by atoms with Gasteiger partial charge in [0.15, 0.2) is 0 Å². The predicted octanol–water partition coefficient (Wildman–Crippen LogP) is 2.72. The zero-order valence-electron chi connectivity index (χ0n) is 11.3. The van der Waals surface area contributed by atoms with Crippen LogP contribution in [0.25, 0.3) is 0 Å². The highest BCUT2D eigenvalue weighted by molar-refractivity contribution is 6.40. The molecule has 0 saturated heterocycles. The topological polar surface area (TPSA) is 52.6 Å². The van der Waals surface area contributed by atoms with Gasteiger partial charge in [-0.15, -0.1) is 6.58 Å². The number of anilines is 1. The Balaban J connectivity index is 2.75. The Kier molecular flexibility index (Phi) is 7.02. The van der Waals surface area contributed by atoms with E-state index in [4.69, 9.17) is 28.3 Å². The maximum absolute atomic E-state index is 12.0. The van der Waals surface area contributed by atoms with Crippen molar-refractivity contribution in [3.05, 3.63) is 40.4 Å². The molecule has 0 bridgehead atoms. The summed E-state index contributed by atoms with van der Waals surface area (Å²) in [7, 11) is 0. The number of nitrogens with one attached hydrogen (secondary N) is 1. The highest BCUT2D eigenvalue weighted by atomic mass is 35.5. The van der Waals surface area contributed by atoms with Crippen LogP contribution in [0.5, 0.6) is 0 Å². The quantitative estimate of drug-likeness (QED) is 0.760. The number of aliphatic hydroxyl groups excluding tert-OH is 1. The maximum Gasteiger partial charge on any atom is 0.238 e. The zero-order chi connectivity index (χ0) is 15.1. The van der Waals surface area contributed by atoms with Gasteiger partial charge in [-0.1, -0.05) is 35.3 Å². The van der Waals surface area contributed by atoms with E-state index in [0.29, 0.717) is 28.8 Å². The van der Waals surface area contributed by atoms with Crippen LogP contribution in [0, 0.1) is 6.92 Å².